The average molecular weight is 430 g/mol. The van der Waals surface area contributed by atoms with Gasteiger partial charge in [0.25, 0.3) is 5.91 Å². The van der Waals surface area contributed by atoms with Crippen LogP contribution in [-0.2, 0) is 0 Å². The molecule has 0 radical (unpaired) electrons. The van der Waals surface area contributed by atoms with Gasteiger partial charge in [-0.15, -0.1) is 5.10 Å². The minimum absolute atomic E-state index is 0.00692. The Hall–Kier alpha value is -3.55. The molecular formula is C24H27N7O. The van der Waals surface area contributed by atoms with Crippen molar-refractivity contribution in [1.29, 1.82) is 0 Å². The standard InChI is InChI=1S/C24H27N7O/c1-15-21(16(2)27-26-15)19-11-5-4-6-14-30(19)24(32)22-17(3)31(29-28-22)20-12-7-9-18-10-8-13-25-23(18)20/h7-10,12-13,19H,4-6,11,14H2,1-3H3,(H,26,27). The fourth-order valence-corrected chi connectivity index (χ4v) is 4.85. The summed E-state index contributed by atoms with van der Waals surface area (Å²) in [6.45, 7) is 6.63. The molecule has 1 saturated heterocycles. The number of hydrogen-bond donors (Lipinski definition) is 1. The first-order valence-electron chi connectivity index (χ1n) is 11.1. The molecule has 5 rings (SSSR count). The largest absolute Gasteiger partial charge is 0.330 e. The van der Waals surface area contributed by atoms with Crippen LogP contribution < -0.4 is 0 Å². The number of pyridine rings is 1. The average Bonchev–Trinajstić information content (AvgIpc) is 3.24. The van der Waals surface area contributed by atoms with Crippen molar-refractivity contribution in [3.05, 3.63) is 64.9 Å². The molecule has 1 aliphatic heterocycles. The molecule has 1 unspecified atom stereocenters. The molecular weight excluding hydrogens is 402 g/mol. The van der Waals surface area contributed by atoms with E-state index in [0.29, 0.717) is 12.2 Å². The van der Waals surface area contributed by atoms with Crippen LogP contribution in [0.2, 0.25) is 0 Å². The van der Waals surface area contributed by atoms with Gasteiger partial charge in [-0.1, -0.05) is 36.3 Å². The maximum absolute atomic E-state index is 13.8. The quantitative estimate of drug-likeness (QED) is 0.526. The lowest BCUT2D eigenvalue weighted by molar-refractivity contribution is 0.0673. The van der Waals surface area contributed by atoms with E-state index in [0.717, 1.165) is 64.9 Å². The Morgan fingerprint density at radius 2 is 1.94 bits per heavy atom. The fourth-order valence-electron chi connectivity index (χ4n) is 4.85. The molecule has 1 aromatic carbocycles. The van der Waals surface area contributed by atoms with Gasteiger partial charge in [-0.2, -0.15) is 5.10 Å². The number of rotatable bonds is 3. The molecule has 8 heteroatoms. The first-order chi connectivity index (χ1) is 15.6. The van der Waals surface area contributed by atoms with Gasteiger partial charge in [0.05, 0.1) is 28.6 Å². The summed E-state index contributed by atoms with van der Waals surface area (Å²) >= 11 is 0. The minimum Gasteiger partial charge on any atom is -0.330 e. The first-order valence-corrected chi connectivity index (χ1v) is 11.1. The summed E-state index contributed by atoms with van der Waals surface area (Å²) in [6, 6.07) is 9.86. The molecule has 0 spiro atoms. The van der Waals surface area contributed by atoms with Gasteiger partial charge in [0.1, 0.15) is 0 Å². The van der Waals surface area contributed by atoms with Gasteiger partial charge >= 0.3 is 0 Å². The van der Waals surface area contributed by atoms with Crippen LogP contribution in [0.25, 0.3) is 16.6 Å². The molecule has 1 fully saturated rings. The number of carbonyl (C=O) groups is 1. The zero-order chi connectivity index (χ0) is 22.2. The molecule has 3 aromatic heterocycles. The van der Waals surface area contributed by atoms with E-state index in [4.69, 9.17) is 0 Å². The summed E-state index contributed by atoms with van der Waals surface area (Å²) in [7, 11) is 0. The molecule has 4 heterocycles. The molecule has 1 atom stereocenters. The van der Waals surface area contributed by atoms with Gasteiger partial charge < -0.3 is 4.90 Å². The third kappa shape index (κ3) is 3.36. The van der Waals surface area contributed by atoms with Crippen molar-refractivity contribution < 1.29 is 4.79 Å². The number of amides is 1. The minimum atomic E-state index is -0.0751. The molecule has 1 amide bonds. The highest BCUT2D eigenvalue weighted by Gasteiger charge is 2.33. The summed E-state index contributed by atoms with van der Waals surface area (Å²) in [6.07, 6.45) is 5.88. The lowest BCUT2D eigenvalue weighted by Gasteiger charge is -2.30. The van der Waals surface area contributed by atoms with Gasteiger partial charge in [0.15, 0.2) is 5.69 Å². The number of hydrogen-bond acceptors (Lipinski definition) is 5. The number of aryl methyl sites for hydroxylation is 2. The summed E-state index contributed by atoms with van der Waals surface area (Å²) in [5.41, 5.74) is 5.87. The van der Waals surface area contributed by atoms with Gasteiger partial charge in [-0.25, -0.2) is 4.68 Å². The summed E-state index contributed by atoms with van der Waals surface area (Å²) < 4.78 is 1.73. The SMILES string of the molecule is Cc1n[nH]c(C)c1C1CCCCCN1C(=O)c1nnn(-c2cccc3cccnc23)c1C. The van der Waals surface area contributed by atoms with E-state index in [1.54, 1.807) is 10.9 Å². The molecule has 8 nitrogen and oxygen atoms in total. The molecule has 32 heavy (non-hydrogen) atoms. The molecule has 1 aliphatic rings. The normalized spacial score (nSPS) is 17.0. The Morgan fingerprint density at radius 3 is 2.75 bits per heavy atom. The van der Waals surface area contributed by atoms with Crippen molar-refractivity contribution in [1.82, 2.24) is 35.1 Å². The van der Waals surface area contributed by atoms with Crippen molar-refractivity contribution in [2.45, 2.75) is 52.5 Å². The van der Waals surface area contributed by atoms with Gasteiger partial charge in [0, 0.05) is 29.4 Å². The molecule has 0 aliphatic carbocycles. The number of carbonyl (C=O) groups excluding carboxylic acids is 1. The second-order valence-electron chi connectivity index (χ2n) is 8.50. The monoisotopic (exact) mass is 429 g/mol. The highest BCUT2D eigenvalue weighted by molar-refractivity contribution is 5.94. The van der Waals surface area contributed by atoms with Crippen LogP contribution in [0.1, 0.15) is 64.9 Å². The number of likely N-dealkylation sites (tertiary alicyclic amines) is 1. The Bertz CT molecular complexity index is 1260. The number of fused-ring (bicyclic) bond motifs is 1. The molecule has 4 aromatic rings. The van der Waals surface area contributed by atoms with Crippen LogP contribution in [0.5, 0.6) is 0 Å². The number of para-hydroxylation sites is 1. The lowest BCUT2D eigenvalue weighted by Crippen LogP contribution is -2.36. The second kappa shape index (κ2) is 8.18. The predicted octanol–water partition coefficient (Wildman–Crippen LogP) is 4.22. The number of aromatic amines is 1. The zero-order valence-electron chi connectivity index (χ0n) is 18.7. The first kappa shape index (κ1) is 20.4. The Kier molecular flexibility index (Phi) is 5.20. The Labute approximate surface area is 186 Å². The van der Waals surface area contributed by atoms with E-state index in [9.17, 15) is 4.79 Å². The van der Waals surface area contributed by atoms with Crippen LogP contribution >= 0.6 is 0 Å². The van der Waals surface area contributed by atoms with Crippen molar-refractivity contribution in [3.8, 4) is 5.69 Å². The molecule has 164 valence electrons. The second-order valence-corrected chi connectivity index (χ2v) is 8.50. The summed E-state index contributed by atoms with van der Waals surface area (Å²) in [5.74, 6) is -0.0751. The summed E-state index contributed by atoms with van der Waals surface area (Å²) in [5, 5.41) is 17.2. The number of nitrogens with one attached hydrogen (secondary N) is 1. The van der Waals surface area contributed by atoms with Gasteiger partial charge in [-0.3, -0.25) is 14.9 Å². The topological polar surface area (TPSA) is 92.6 Å². The molecule has 1 N–H and O–H groups in total. The number of nitrogens with zero attached hydrogens (tertiary/aromatic N) is 6. The number of benzene rings is 1. The van der Waals surface area contributed by atoms with E-state index in [1.807, 2.05) is 56.0 Å². The molecule has 0 bridgehead atoms. The van der Waals surface area contributed by atoms with E-state index in [-0.39, 0.29) is 11.9 Å². The van der Waals surface area contributed by atoms with Crippen LogP contribution in [0.4, 0.5) is 0 Å². The maximum Gasteiger partial charge on any atom is 0.276 e. The third-order valence-electron chi connectivity index (χ3n) is 6.47. The number of H-pyrrole nitrogens is 1. The van der Waals surface area contributed by atoms with E-state index in [1.165, 1.54) is 0 Å². The Balaban J connectivity index is 1.55. The van der Waals surface area contributed by atoms with Crippen LogP contribution in [0.3, 0.4) is 0 Å². The highest BCUT2D eigenvalue weighted by Crippen LogP contribution is 2.34. The predicted molar refractivity (Wildman–Crippen MR) is 122 cm³/mol. The van der Waals surface area contributed by atoms with Crippen molar-refractivity contribution in [2.24, 2.45) is 0 Å². The van der Waals surface area contributed by atoms with Crippen LogP contribution in [0.15, 0.2) is 36.5 Å². The zero-order valence-corrected chi connectivity index (χ0v) is 18.7. The lowest BCUT2D eigenvalue weighted by atomic mass is 9.98. The smallest absolute Gasteiger partial charge is 0.276 e. The van der Waals surface area contributed by atoms with Crippen molar-refractivity contribution >= 4 is 16.8 Å². The van der Waals surface area contributed by atoms with E-state index < -0.39 is 0 Å². The third-order valence-corrected chi connectivity index (χ3v) is 6.47. The fraction of sp³-hybridized carbons (Fsp3) is 0.375. The van der Waals surface area contributed by atoms with Crippen molar-refractivity contribution in [3.63, 3.8) is 0 Å². The Morgan fingerprint density at radius 1 is 1.09 bits per heavy atom. The van der Waals surface area contributed by atoms with Crippen LogP contribution in [0, 0.1) is 20.8 Å². The maximum atomic E-state index is 13.8. The van der Waals surface area contributed by atoms with Gasteiger partial charge in [-0.05, 0) is 45.7 Å². The summed E-state index contributed by atoms with van der Waals surface area (Å²) in [4.78, 5) is 20.3. The number of aromatic nitrogens is 6. The van der Waals surface area contributed by atoms with Crippen LogP contribution in [-0.4, -0.2) is 47.5 Å². The van der Waals surface area contributed by atoms with Gasteiger partial charge in [0.2, 0.25) is 0 Å². The highest BCUT2D eigenvalue weighted by atomic mass is 16.2. The van der Waals surface area contributed by atoms with E-state index in [2.05, 4.69) is 25.5 Å². The molecule has 0 saturated carbocycles. The van der Waals surface area contributed by atoms with Crippen molar-refractivity contribution in [2.75, 3.05) is 6.54 Å². The van der Waals surface area contributed by atoms with E-state index >= 15 is 0 Å².